The molecule has 0 saturated heterocycles. The summed E-state index contributed by atoms with van der Waals surface area (Å²) < 4.78 is 4.40. The third-order valence-corrected chi connectivity index (χ3v) is 2.75. The summed E-state index contributed by atoms with van der Waals surface area (Å²) in [6.07, 6.45) is -2.65. The van der Waals surface area contributed by atoms with Crippen LogP contribution in [0.5, 0.6) is 0 Å². The molecule has 1 aliphatic heterocycles. The van der Waals surface area contributed by atoms with Crippen LogP contribution in [0.4, 0.5) is 4.79 Å². The van der Waals surface area contributed by atoms with Crippen LogP contribution in [-0.4, -0.2) is 139 Å². The number of carbonyl (C=O) groups excluding carboxylic acids is 1. The quantitative estimate of drug-likeness (QED) is 0.306. The Morgan fingerprint density at radius 2 is 1.87 bits per heavy atom. The second-order valence-corrected chi connectivity index (χ2v) is 3.93. The number of cyclic esters (lactones) is 1. The number of aliphatic hydroxyl groups is 3. The van der Waals surface area contributed by atoms with Crippen LogP contribution in [0.25, 0.3) is 0 Å². The third-order valence-electron chi connectivity index (χ3n) is 1.48. The van der Waals surface area contributed by atoms with Crippen LogP contribution < -0.4 is 0 Å². The summed E-state index contributed by atoms with van der Waals surface area (Å²) in [7, 11) is -2.68. The average molecular weight is 268 g/mol. The third kappa shape index (κ3) is 5.85. The molecule has 0 radical (unpaired) electrons. The van der Waals surface area contributed by atoms with Gasteiger partial charge < -0.3 is 24.9 Å². The minimum atomic E-state index is -2.68. The van der Waals surface area contributed by atoms with Crippen LogP contribution in [0.3, 0.4) is 0 Å². The van der Waals surface area contributed by atoms with Crippen molar-refractivity contribution in [2.45, 2.75) is 12.2 Å². The van der Waals surface area contributed by atoms with E-state index in [1.54, 1.807) is 0 Å². The first kappa shape index (κ1) is 22.8. The van der Waals surface area contributed by atoms with E-state index in [4.69, 9.17) is 20.2 Å². The van der Waals surface area contributed by atoms with E-state index in [9.17, 15) is 4.79 Å². The van der Waals surface area contributed by atoms with E-state index in [0.29, 0.717) is 0 Å². The molecule has 4 N–H and O–H groups in total. The molecule has 0 aromatic rings. The molecule has 76 valence electrons. The second kappa shape index (κ2) is 10.5. The van der Waals surface area contributed by atoms with Crippen LogP contribution in [0.2, 0.25) is 0 Å². The number of carbonyl (C=O) groups is 1. The Bertz CT molecular complexity index is 247. The molecular weight excluding hydrogens is 256 g/mol. The Labute approximate surface area is 154 Å². The SMILES string of the molecule is O=C1O[C@H]([C@@H](O)CO)C(O)=[PH]1O.[NaH].[NaH].[NaH]. The van der Waals surface area contributed by atoms with Crippen LogP contribution >= 0.6 is 7.77 Å². The normalized spacial score (nSPS) is 25.6. The number of rotatable bonds is 2. The van der Waals surface area contributed by atoms with Crippen molar-refractivity contribution in [3.8, 4) is 0 Å². The zero-order chi connectivity index (χ0) is 9.30. The zero-order valence-electron chi connectivity index (χ0n) is 5.97. The van der Waals surface area contributed by atoms with Crippen molar-refractivity contribution in [3.05, 3.63) is 0 Å². The fourth-order valence-electron chi connectivity index (χ4n) is 0.823. The Morgan fingerprint density at radius 3 is 2.13 bits per heavy atom. The van der Waals surface area contributed by atoms with E-state index in [2.05, 4.69) is 4.74 Å². The van der Waals surface area contributed by atoms with Crippen molar-refractivity contribution in [1.29, 1.82) is 0 Å². The summed E-state index contributed by atoms with van der Waals surface area (Å²) in [6, 6.07) is 0. The summed E-state index contributed by atoms with van der Waals surface area (Å²) in [4.78, 5) is 19.5. The van der Waals surface area contributed by atoms with Gasteiger partial charge in [0.1, 0.15) is 19.4 Å². The summed E-state index contributed by atoms with van der Waals surface area (Å²) in [5.74, 6) is 0. The molecular formula is C5H12Na3O6P. The predicted octanol–water partition coefficient (Wildman–Crippen LogP) is -3.46. The molecule has 3 atom stereocenters. The van der Waals surface area contributed by atoms with Crippen LogP contribution in [0.15, 0.2) is 0 Å². The first-order valence-electron chi connectivity index (χ1n) is 3.20. The van der Waals surface area contributed by atoms with Gasteiger partial charge in [0.25, 0.3) is 0 Å². The van der Waals surface area contributed by atoms with Crippen LogP contribution in [0, 0.1) is 0 Å². The van der Waals surface area contributed by atoms with Crippen molar-refractivity contribution < 1.29 is 29.7 Å². The molecule has 1 heterocycles. The van der Waals surface area contributed by atoms with Gasteiger partial charge in [0.2, 0.25) is 0 Å². The van der Waals surface area contributed by atoms with Gasteiger partial charge in [-0.05, 0) is 0 Å². The molecule has 1 unspecified atom stereocenters. The summed E-state index contributed by atoms with van der Waals surface area (Å²) in [5.41, 5.74) is -1.48. The topological polar surface area (TPSA) is 107 Å². The fourth-order valence-corrected chi connectivity index (χ4v) is 1.79. The zero-order valence-corrected chi connectivity index (χ0v) is 6.97. The molecule has 1 aliphatic rings. The van der Waals surface area contributed by atoms with Gasteiger partial charge in [-0.25, -0.2) is 4.79 Å². The number of aliphatic hydroxyl groups excluding tert-OH is 3. The monoisotopic (exact) mass is 268 g/mol. The van der Waals surface area contributed by atoms with E-state index in [-0.39, 0.29) is 88.7 Å². The standard InChI is InChI=1S/C5H9O6P.3Na.3H/c6-1-2(7)3-4(8)12(10)5(9)11-3;;;;;;/h2-3,6-8,10,12H,1H2;;;;;;/t2-,3+;;;;;;/m0....../s1. The van der Waals surface area contributed by atoms with Gasteiger partial charge in [0.15, 0.2) is 6.10 Å². The fraction of sp³-hybridized carbons (Fsp3) is 0.600. The van der Waals surface area contributed by atoms with Crippen molar-refractivity contribution in [1.82, 2.24) is 0 Å². The molecule has 0 amide bonds. The van der Waals surface area contributed by atoms with Crippen molar-refractivity contribution in [2.24, 2.45) is 0 Å². The average Bonchev–Trinajstić information content (AvgIpc) is 2.32. The van der Waals surface area contributed by atoms with E-state index in [0.717, 1.165) is 0 Å². The van der Waals surface area contributed by atoms with Gasteiger partial charge in [-0.1, -0.05) is 0 Å². The van der Waals surface area contributed by atoms with Crippen LogP contribution in [-0.2, 0) is 4.74 Å². The van der Waals surface area contributed by atoms with Crippen molar-refractivity contribution in [3.63, 3.8) is 0 Å². The van der Waals surface area contributed by atoms with Gasteiger partial charge in [-0.2, -0.15) is 0 Å². The number of hydrogen-bond acceptors (Lipinski definition) is 5. The number of hydrogen-bond donors (Lipinski definition) is 4. The van der Waals surface area contributed by atoms with E-state index in [1.165, 1.54) is 0 Å². The van der Waals surface area contributed by atoms with E-state index >= 15 is 0 Å². The minimum absolute atomic E-state index is 0. The number of ether oxygens (including phenoxy) is 1. The van der Waals surface area contributed by atoms with Gasteiger partial charge in [-0.15, -0.1) is 0 Å². The molecule has 0 fully saturated rings. The maximum absolute atomic E-state index is 10.6. The van der Waals surface area contributed by atoms with Crippen molar-refractivity contribution >= 4 is 108 Å². The second-order valence-electron chi connectivity index (χ2n) is 2.31. The molecule has 0 aromatic heterocycles. The molecule has 1 rings (SSSR count). The first-order chi connectivity index (χ1) is 5.57. The Kier molecular flexibility index (Phi) is 16.0. The van der Waals surface area contributed by atoms with Gasteiger partial charge >= 0.3 is 94.4 Å². The molecule has 0 bridgehead atoms. The Balaban J connectivity index is -0.000000480. The predicted molar refractivity (Wildman–Crippen MR) is 62.3 cm³/mol. The summed E-state index contributed by atoms with van der Waals surface area (Å²) in [6.45, 7) is -0.642. The first-order valence-corrected chi connectivity index (χ1v) is 4.64. The Hall–Kier alpha value is 2.61. The molecule has 6 nitrogen and oxygen atoms in total. The van der Waals surface area contributed by atoms with E-state index < -0.39 is 37.8 Å². The van der Waals surface area contributed by atoms with Gasteiger partial charge in [-0.3, -0.25) is 0 Å². The molecule has 0 aliphatic carbocycles. The summed E-state index contributed by atoms with van der Waals surface area (Å²) >= 11 is 0. The molecule has 15 heavy (non-hydrogen) atoms. The molecule has 0 aromatic carbocycles. The Morgan fingerprint density at radius 1 is 1.40 bits per heavy atom. The molecule has 0 spiro atoms. The van der Waals surface area contributed by atoms with E-state index in [1.807, 2.05) is 0 Å². The van der Waals surface area contributed by atoms with Gasteiger partial charge in [0, 0.05) is 0 Å². The molecule has 10 heteroatoms. The van der Waals surface area contributed by atoms with Gasteiger partial charge in [0.05, 0.1) is 6.61 Å². The van der Waals surface area contributed by atoms with Crippen LogP contribution in [0.1, 0.15) is 0 Å². The summed E-state index contributed by atoms with van der Waals surface area (Å²) in [5, 5.41) is 26.4. The maximum atomic E-state index is 10.6. The van der Waals surface area contributed by atoms with Crippen molar-refractivity contribution in [2.75, 3.05) is 6.61 Å². The molecule has 0 saturated carbocycles.